The van der Waals surface area contributed by atoms with Crippen LogP contribution in [-0.4, -0.2) is 131 Å². The Hall–Kier alpha value is -3.25. The minimum Gasteiger partial charge on any atom is -0.491 e. The van der Waals surface area contributed by atoms with Crippen molar-refractivity contribution >= 4 is 45.9 Å². The van der Waals surface area contributed by atoms with Gasteiger partial charge in [-0.2, -0.15) is 0 Å². The normalized spacial score (nSPS) is 19.5. The fraction of sp³-hybridized carbons (Fsp3) is 0.708. The van der Waals surface area contributed by atoms with Gasteiger partial charge in [0.2, 0.25) is 0 Å². The summed E-state index contributed by atoms with van der Waals surface area (Å²) in [6, 6.07) is 4.34. The molecule has 0 radical (unpaired) electrons. The minimum absolute atomic E-state index is 0.00996. The van der Waals surface area contributed by atoms with Crippen LogP contribution in [0.5, 0.6) is 5.75 Å². The number of H-pyrrole nitrogens is 2. The number of hydrogen-bond donors (Lipinski definition) is 2. The lowest BCUT2D eigenvalue weighted by Gasteiger charge is -2.40. The molecule has 376 valence electrons. The van der Waals surface area contributed by atoms with Crippen LogP contribution in [0.1, 0.15) is 92.5 Å². The molecule has 0 aliphatic carbocycles. The number of benzene rings is 1. The van der Waals surface area contributed by atoms with Crippen LogP contribution in [0.2, 0.25) is 36.3 Å². The summed E-state index contributed by atoms with van der Waals surface area (Å²) in [4.78, 5) is 46.9. The van der Waals surface area contributed by atoms with Crippen molar-refractivity contribution in [3.8, 4) is 5.75 Å². The number of nitrogens with zero attached hydrogens (tertiary/aromatic N) is 3. The van der Waals surface area contributed by atoms with Crippen LogP contribution >= 0.6 is 12.2 Å². The lowest BCUT2D eigenvalue weighted by atomic mass is 10.1. The molecule has 2 N–H and O–H groups in total. The van der Waals surface area contributed by atoms with Crippen LogP contribution in [0.25, 0.3) is 11.0 Å². The van der Waals surface area contributed by atoms with Crippen molar-refractivity contribution in [3.05, 3.63) is 66.7 Å². The van der Waals surface area contributed by atoms with Crippen molar-refractivity contribution in [2.45, 2.75) is 155 Å². The third-order valence-electron chi connectivity index (χ3n) is 13.7. The maximum absolute atomic E-state index is 13.2. The topological polar surface area (TPSA) is 170 Å². The van der Waals surface area contributed by atoms with Crippen molar-refractivity contribution in [1.29, 1.82) is 0 Å². The second-order valence-corrected chi connectivity index (χ2v) is 31.1. The van der Waals surface area contributed by atoms with Crippen LogP contribution in [0.3, 0.4) is 0 Å². The van der Waals surface area contributed by atoms with Gasteiger partial charge in [-0.05, 0) is 87.8 Å². The monoisotopic (exact) mass is 990 g/mol. The Morgan fingerprint density at radius 3 is 2.15 bits per heavy atom. The third kappa shape index (κ3) is 14.9. The Labute approximate surface area is 404 Å². The number of rotatable bonds is 24. The first kappa shape index (κ1) is 54.7. The van der Waals surface area contributed by atoms with Gasteiger partial charge in [-0.3, -0.25) is 24.0 Å². The van der Waals surface area contributed by atoms with Gasteiger partial charge in [-0.15, -0.1) is 0 Å². The fourth-order valence-electron chi connectivity index (χ4n) is 7.46. The molecule has 2 aliphatic heterocycles. The van der Waals surface area contributed by atoms with Crippen LogP contribution in [-0.2, 0) is 56.8 Å². The van der Waals surface area contributed by atoms with Crippen molar-refractivity contribution in [2.24, 2.45) is 0 Å². The molecule has 1 aromatic carbocycles. The highest BCUT2D eigenvalue weighted by Crippen LogP contribution is 2.42. The van der Waals surface area contributed by atoms with E-state index in [0.29, 0.717) is 58.7 Å². The number of esters is 1. The summed E-state index contributed by atoms with van der Waals surface area (Å²) in [5.41, 5.74) is 3.69. The smallest absolute Gasteiger partial charge is 0.330 e. The van der Waals surface area contributed by atoms with Crippen LogP contribution in [0.4, 0.5) is 0 Å². The van der Waals surface area contributed by atoms with Gasteiger partial charge < -0.3 is 46.8 Å². The number of aromatic nitrogens is 4. The van der Waals surface area contributed by atoms with Gasteiger partial charge in [0.15, 0.2) is 21.4 Å². The molecule has 1 fully saturated rings. The Morgan fingerprint density at radius 2 is 1.52 bits per heavy atom. The molecule has 2 aromatic heterocycles. The van der Waals surface area contributed by atoms with Crippen molar-refractivity contribution in [2.75, 3.05) is 66.0 Å². The maximum Gasteiger partial charge on any atom is 0.330 e. The van der Waals surface area contributed by atoms with Gasteiger partial charge in [-0.1, -0.05) is 53.2 Å². The molecule has 5 rings (SSSR count). The first-order chi connectivity index (χ1) is 31.4. The molecule has 4 heterocycles. The summed E-state index contributed by atoms with van der Waals surface area (Å²) < 4.78 is 52.9. The van der Waals surface area contributed by atoms with Crippen LogP contribution in [0, 0.1) is 4.77 Å². The fourth-order valence-corrected chi connectivity index (χ4v) is 10.1. The zero-order valence-corrected chi connectivity index (χ0v) is 45.3. The predicted octanol–water partition coefficient (Wildman–Crippen LogP) is 8.02. The minimum atomic E-state index is -2.21. The molecular weight excluding hydrogens is 911 g/mol. The second-order valence-electron chi connectivity index (χ2n) is 21.1. The molecule has 0 unspecified atom stereocenters. The number of nitrogens with one attached hydrogen (secondary N) is 2. The largest absolute Gasteiger partial charge is 0.491 e. The van der Waals surface area contributed by atoms with E-state index in [0.717, 1.165) is 46.8 Å². The zero-order valence-electron chi connectivity index (χ0n) is 42.5. The summed E-state index contributed by atoms with van der Waals surface area (Å²) >= 11 is 5.68. The van der Waals surface area contributed by atoms with E-state index >= 15 is 0 Å². The van der Waals surface area contributed by atoms with Crippen molar-refractivity contribution in [1.82, 2.24) is 24.0 Å². The molecule has 3 aromatic rings. The first-order valence-electron chi connectivity index (χ1n) is 23.8. The molecule has 19 heteroatoms. The lowest BCUT2D eigenvalue weighted by Crippen LogP contribution is -2.48. The van der Waals surface area contributed by atoms with Gasteiger partial charge in [0.25, 0.3) is 5.56 Å². The number of hydrogen-bond acceptors (Lipinski definition) is 13. The number of aryl methyl sites for hydroxylation is 1. The van der Waals surface area contributed by atoms with E-state index in [-0.39, 0.29) is 47.8 Å². The van der Waals surface area contributed by atoms with E-state index in [4.69, 9.17) is 49.5 Å². The standard InChI is InChI=1S/C48H79N5O11SSi2/c1-33(2)18-19-51-31-36-38(16-15-37-43(36)53(29-34(51)3)46(65)49-37)60-26-24-58-22-20-57-21-23-59-25-27-61-42(54)17-14-35-30-52(45(56)50-44(35)55)41-28-39(64-67(12,13)48(7,8)9)40(63-41)32-62-66(10,11)47(4,5)6/h15-16,18,30,34,39-41H,14,17,19-29,31-32H2,1-13H3,(H,49,65)(H,50,55,56)/t34-,39-,40+,41+/m0/s1. The summed E-state index contributed by atoms with van der Waals surface area (Å²) in [5, 5.41) is -0.0245. The number of carbonyl (C=O) groups is 1. The molecule has 0 amide bonds. The second kappa shape index (κ2) is 23.6. The summed E-state index contributed by atoms with van der Waals surface area (Å²) in [6.07, 6.45) is 2.83. The van der Waals surface area contributed by atoms with Gasteiger partial charge in [0.1, 0.15) is 31.3 Å². The zero-order chi connectivity index (χ0) is 49.3. The average molecular weight is 990 g/mol. The van der Waals surface area contributed by atoms with Gasteiger partial charge >= 0.3 is 11.7 Å². The molecule has 16 nitrogen and oxygen atoms in total. The predicted molar refractivity (Wildman–Crippen MR) is 269 cm³/mol. The first-order valence-corrected chi connectivity index (χ1v) is 30.1. The number of allylic oxidation sites excluding steroid dienone is 1. The molecule has 1 saturated heterocycles. The Balaban J connectivity index is 0.986. The van der Waals surface area contributed by atoms with Crippen LogP contribution in [0.15, 0.2) is 39.6 Å². The summed E-state index contributed by atoms with van der Waals surface area (Å²) in [6.45, 7) is 33.7. The van der Waals surface area contributed by atoms with Gasteiger partial charge in [-0.25, -0.2) is 4.79 Å². The van der Waals surface area contributed by atoms with Gasteiger partial charge in [0.05, 0.1) is 63.4 Å². The van der Waals surface area contributed by atoms with Crippen LogP contribution < -0.4 is 16.0 Å². The van der Waals surface area contributed by atoms with Crippen molar-refractivity contribution < 1.29 is 42.1 Å². The number of aromatic amines is 2. The Bertz CT molecular complexity index is 2320. The highest BCUT2D eigenvalue weighted by molar-refractivity contribution is 7.71. The maximum atomic E-state index is 13.2. The highest BCUT2D eigenvalue weighted by Gasteiger charge is 2.47. The van der Waals surface area contributed by atoms with E-state index in [1.165, 1.54) is 16.3 Å². The SMILES string of the molecule is CC(C)=CCN1Cc2c(OCCOCCOCCOCCOC(=O)CCc3cn([C@H]4C[C@H](O[Si](C)(C)C(C)(C)C)[C@@H](CO[Si](C)(C)C(C)(C)C)O4)c(=O)[nH]c3=O)ccc3[nH]c(=S)n(c23)C[C@@H]1C. The van der Waals surface area contributed by atoms with Gasteiger partial charge in [0, 0.05) is 55.8 Å². The number of carbonyl (C=O) groups excluding carboxylic acids is 1. The summed E-state index contributed by atoms with van der Waals surface area (Å²) in [5.74, 6) is 0.354. The molecular formula is C48H79N5O11SSi2. The Morgan fingerprint density at radius 1 is 0.896 bits per heavy atom. The quantitative estimate of drug-likeness (QED) is 0.0291. The van der Waals surface area contributed by atoms with E-state index in [1.54, 1.807) is 0 Å². The third-order valence-corrected chi connectivity index (χ3v) is 23.0. The average Bonchev–Trinajstić information content (AvgIpc) is 3.72. The molecule has 0 saturated carbocycles. The molecule has 4 atom stereocenters. The Kier molecular flexibility index (Phi) is 19.2. The van der Waals surface area contributed by atoms with E-state index in [1.807, 2.05) is 12.1 Å². The molecule has 67 heavy (non-hydrogen) atoms. The summed E-state index contributed by atoms with van der Waals surface area (Å²) in [7, 11) is -4.32. The molecule has 0 spiro atoms. The molecule has 0 bridgehead atoms. The van der Waals surface area contributed by atoms with E-state index < -0.39 is 46.2 Å². The van der Waals surface area contributed by atoms with Crippen molar-refractivity contribution in [3.63, 3.8) is 0 Å². The van der Waals surface area contributed by atoms with E-state index in [2.05, 4.69) is 114 Å². The number of imidazole rings is 1. The highest BCUT2D eigenvalue weighted by atomic mass is 32.1. The lowest BCUT2D eigenvalue weighted by molar-refractivity contribution is -0.145. The molecule has 2 aliphatic rings. The number of ether oxygens (including phenoxy) is 6. The van der Waals surface area contributed by atoms with E-state index in [9.17, 15) is 14.4 Å².